The van der Waals surface area contributed by atoms with E-state index in [4.69, 9.17) is 5.73 Å². The fourth-order valence-corrected chi connectivity index (χ4v) is 3.16. The first-order chi connectivity index (χ1) is 6.75. The highest BCUT2D eigenvalue weighted by molar-refractivity contribution is 5.78. The number of carbonyl (C=O) groups excluding carboxylic acids is 1. The average molecular weight is 196 g/mol. The number of rotatable bonds is 1. The van der Waals surface area contributed by atoms with Gasteiger partial charge >= 0.3 is 0 Å². The number of nitrogens with two attached hydrogens (primary N) is 1. The van der Waals surface area contributed by atoms with Crippen LogP contribution in [0.4, 0.5) is 0 Å². The Balaban J connectivity index is 2.14. The Bertz CT molecular complexity index is 219. The molecular weight excluding hydrogens is 176 g/mol. The highest BCUT2D eigenvalue weighted by atomic mass is 16.1. The van der Waals surface area contributed by atoms with Gasteiger partial charge in [0.25, 0.3) is 0 Å². The molecule has 0 radical (unpaired) electrons. The molecule has 3 heteroatoms. The fourth-order valence-electron chi connectivity index (χ4n) is 3.16. The average Bonchev–Trinajstić information content (AvgIpc) is 2.39. The van der Waals surface area contributed by atoms with Gasteiger partial charge in [-0.05, 0) is 25.8 Å². The number of primary amides is 1. The van der Waals surface area contributed by atoms with Crippen LogP contribution >= 0.6 is 0 Å². The van der Waals surface area contributed by atoms with E-state index in [0.717, 1.165) is 25.8 Å². The maximum absolute atomic E-state index is 11.4. The number of carbonyl (C=O) groups is 1. The second-order valence-electron chi connectivity index (χ2n) is 4.74. The zero-order chi connectivity index (χ0) is 10.0. The molecule has 0 bridgehead atoms. The summed E-state index contributed by atoms with van der Waals surface area (Å²) in [5.74, 6) is -0.0162. The van der Waals surface area contributed by atoms with Crippen molar-refractivity contribution in [2.75, 3.05) is 6.54 Å². The van der Waals surface area contributed by atoms with E-state index in [9.17, 15) is 4.79 Å². The van der Waals surface area contributed by atoms with Crippen molar-refractivity contribution in [1.82, 2.24) is 5.32 Å². The maximum Gasteiger partial charge on any atom is 0.222 e. The van der Waals surface area contributed by atoms with Crippen molar-refractivity contribution in [1.29, 1.82) is 0 Å². The molecule has 2 rings (SSSR count). The predicted molar refractivity (Wildman–Crippen MR) is 55.7 cm³/mol. The Labute approximate surface area is 85.4 Å². The van der Waals surface area contributed by atoms with Crippen molar-refractivity contribution < 1.29 is 4.79 Å². The Kier molecular flexibility index (Phi) is 2.77. The van der Waals surface area contributed by atoms with E-state index in [1.54, 1.807) is 0 Å². The third kappa shape index (κ3) is 1.65. The molecule has 1 atom stereocenters. The van der Waals surface area contributed by atoms with E-state index >= 15 is 0 Å². The SMILES string of the molecule is NC(=O)C1CCNC12CCCCCC2. The van der Waals surface area contributed by atoms with Crippen LogP contribution in [-0.4, -0.2) is 18.0 Å². The van der Waals surface area contributed by atoms with E-state index in [2.05, 4.69) is 5.32 Å². The molecule has 1 saturated carbocycles. The molecule has 1 aliphatic carbocycles. The molecular formula is C11H20N2O. The molecule has 0 aromatic carbocycles. The van der Waals surface area contributed by atoms with Gasteiger partial charge in [0.1, 0.15) is 0 Å². The van der Waals surface area contributed by atoms with Gasteiger partial charge in [0, 0.05) is 5.54 Å². The molecule has 3 nitrogen and oxygen atoms in total. The van der Waals surface area contributed by atoms with Gasteiger partial charge in [-0.1, -0.05) is 25.7 Å². The first-order valence-electron chi connectivity index (χ1n) is 5.79. The van der Waals surface area contributed by atoms with Crippen LogP contribution in [0.1, 0.15) is 44.9 Å². The van der Waals surface area contributed by atoms with Crippen molar-refractivity contribution >= 4 is 5.91 Å². The Hall–Kier alpha value is -0.570. The van der Waals surface area contributed by atoms with Gasteiger partial charge in [-0.15, -0.1) is 0 Å². The molecule has 14 heavy (non-hydrogen) atoms. The lowest BCUT2D eigenvalue weighted by Gasteiger charge is -2.33. The highest BCUT2D eigenvalue weighted by Crippen LogP contribution is 2.38. The van der Waals surface area contributed by atoms with Gasteiger partial charge in [0.2, 0.25) is 5.91 Å². The lowest BCUT2D eigenvalue weighted by Crippen LogP contribution is -2.48. The zero-order valence-corrected chi connectivity index (χ0v) is 8.72. The van der Waals surface area contributed by atoms with Crippen LogP contribution in [0.15, 0.2) is 0 Å². The maximum atomic E-state index is 11.4. The van der Waals surface area contributed by atoms with E-state index in [0.29, 0.717) is 0 Å². The van der Waals surface area contributed by atoms with Crippen LogP contribution < -0.4 is 11.1 Å². The minimum atomic E-state index is -0.100. The number of amides is 1. The summed E-state index contributed by atoms with van der Waals surface area (Å²) in [6.07, 6.45) is 8.34. The van der Waals surface area contributed by atoms with E-state index in [1.165, 1.54) is 25.7 Å². The third-order valence-electron chi connectivity index (χ3n) is 3.92. The standard InChI is InChI=1S/C11H20N2O/c12-10(14)9-5-8-13-11(9)6-3-1-2-4-7-11/h9,13H,1-8H2,(H2,12,14). The molecule has 2 fully saturated rings. The van der Waals surface area contributed by atoms with Gasteiger partial charge in [0.15, 0.2) is 0 Å². The van der Waals surface area contributed by atoms with E-state index in [1.807, 2.05) is 0 Å². The molecule has 1 unspecified atom stereocenters. The van der Waals surface area contributed by atoms with Crippen LogP contribution in [0.5, 0.6) is 0 Å². The molecule has 1 amide bonds. The van der Waals surface area contributed by atoms with Crippen LogP contribution in [0.2, 0.25) is 0 Å². The number of hydrogen-bond acceptors (Lipinski definition) is 2. The summed E-state index contributed by atoms with van der Waals surface area (Å²) in [7, 11) is 0. The molecule has 1 spiro atoms. The van der Waals surface area contributed by atoms with Crippen LogP contribution in [0.3, 0.4) is 0 Å². The van der Waals surface area contributed by atoms with Crippen molar-refractivity contribution in [3.63, 3.8) is 0 Å². The fraction of sp³-hybridized carbons (Fsp3) is 0.909. The lowest BCUT2D eigenvalue weighted by atomic mass is 9.79. The van der Waals surface area contributed by atoms with Crippen LogP contribution in [0, 0.1) is 5.92 Å². The molecule has 3 N–H and O–H groups in total. The largest absolute Gasteiger partial charge is 0.369 e. The third-order valence-corrected chi connectivity index (χ3v) is 3.92. The molecule has 1 heterocycles. The monoisotopic (exact) mass is 196 g/mol. The molecule has 0 aromatic heterocycles. The van der Waals surface area contributed by atoms with Crippen molar-refractivity contribution in [3.05, 3.63) is 0 Å². The minimum absolute atomic E-state index is 0.0718. The Morgan fingerprint density at radius 1 is 1.21 bits per heavy atom. The second kappa shape index (κ2) is 3.89. The normalized spacial score (nSPS) is 31.6. The molecule has 1 aliphatic heterocycles. The minimum Gasteiger partial charge on any atom is -0.369 e. The topological polar surface area (TPSA) is 55.1 Å². The number of nitrogens with one attached hydrogen (secondary N) is 1. The summed E-state index contributed by atoms with van der Waals surface area (Å²) in [6.45, 7) is 0.966. The lowest BCUT2D eigenvalue weighted by molar-refractivity contribution is -0.123. The summed E-state index contributed by atoms with van der Waals surface area (Å²) in [6, 6.07) is 0. The summed E-state index contributed by atoms with van der Waals surface area (Å²) < 4.78 is 0. The first-order valence-corrected chi connectivity index (χ1v) is 5.79. The molecule has 2 aliphatic rings. The Morgan fingerprint density at radius 3 is 2.43 bits per heavy atom. The first kappa shape index (κ1) is 9.97. The van der Waals surface area contributed by atoms with Gasteiger partial charge in [-0.25, -0.2) is 0 Å². The van der Waals surface area contributed by atoms with E-state index in [-0.39, 0.29) is 17.4 Å². The van der Waals surface area contributed by atoms with E-state index < -0.39 is 0 Å². The van der Waals surface area contributed by atoms with Crippen LogP contribution in [-0.2, 0) is 4.79 Å². The molecule has 1 saturated heterocycles. The second-order valence-corrected chi connectivity index (χ2v) is 4.74. The smallest absolute Gasteiger partial charge is 0.222 e. The molecule has 80 valence electrons. The zero-order valence-electron chi connectivity index (χ0n) is 8.72. The quantitative estimate of drug-likeness (QED) is 0.661. The van der Waals surface area contributed by atoms with Crippen molar-refractivity contribution in [2.24, 2.45) is 11.7 Å². The summed E-state index contributed by atoms with van der Waals surface area (Å²) in [5.41, 5.74) is 5.55. The summed E-state index contributed by atoms with van der Waals surface area (Å²) in [5, 5.41) is 3.54. The summed E-state index contributed by atoms with van der Waals surface area (Å²) in [4.78, 5) is 11.4. The molecule has 0 aromatic rings. The van der Waals surface area contributed by atoms with Crippen LogP contribution in [0.25, 0.3) is 0 Å². The highest BCUT2D eigenvalue weighted by Gasteiger charge is 2.45. The Morgan fingerprint density at radius 2 is 1.86 bits per heavy atom. The van der Waals surface area contributed by atoms with Gasteiger partial charge < -0.3 is 11.1 Å². The number of hydrogen-bond donors (Lipinski definition) is 2. The van der Waals surface area contributed by atoms with Gasteiger partial charge in [-0.2, -0.15) is 0 Å². The summed E-state index contributed by atoms with van der Waals surface area (Å²) >= 11 is 0. The predicted octanol–water partition coefficient (Wildman–Crippen LogP) is 1.17. The van der Waals surface area contributed by atoms with Crippen molar-refractivity contribution in [3.8, 4) is 0 Å². The van der Waals surface area contributed by atoms with Gasteiger partial charge in [-0.3, -0.25) is 4.79 Å². The van der Waals surface area contributed by atoms with Gasteiger partial charge in [0.05, 0.1) is 5.92 Å². The van der Waals surface area contributed by atoms with Crippen molar-refractivity contribution in [2.45, 2.75) is 50.5 Å².